The quantitative estimate of drug-likeness (QED) is 0.373. The van der Waals surface area contributed by atoms with Crippen molar-refractivity contribution in [1.29, 1.82) is 0 Å². The zero-order valence-electron chi connectivity index (χ0n) is 22.3. The first-order chi connectivity index (χ1) is 18.1. The Balaban J connectivity index is 1.55. The molecule has 0 bridgehead atoms. The number of likely N-dealkylation sites (tertiary alicyclic amines) is 1. The summed E-state index contributed by atoms with van der Waals surface area (Å²) < 4.78 is 26.2. The lowest BCUT2D eigenvalue weighted by molar-refractivity contribution is 0.0265. The fourth-order valence-electron chi connectivity index (χ4n) is 4.56. The Morgan fingerprint density at radius 3 is 2.53 bits per heavy atom. The maximum absolute atomic E-state index is 13.6. The van der Waals surface area contributed by atoms with Crippen molar-refractivity contribution in [3.8, 4) is 11.6 Å². The van der Waals surface area contributed by atoms with Gasteiger partial charge in [-0.3, -0.25) is 10.2 Å². The van der Waals surface area contributed by atoms with Crippen molar-refractivity contribution in [2.24, 2.45) is 0 Å². The van der Waals surface area contributed by atoms with Crippen molar-refractivity contribution >= 4 is 11.8 Å². The molecule has 1 aromatic heterocycles. The number of ether oxygens (including phenoxy) is 2. The van der Waals surface area contributed by atoms with Crippen LogP contribution in [0.15, 0.2) is 54.6 Å². The molecular weight excluding hydrogens is 489 g/mol. The number of amides is 2. The van der Waals surface area contributed by atoms with Crippen LogP contribution in [-0.2, 0) is 4.74 Å². The number of carbonyl (C=O) groups excluding carboxylic acids is 1. The van der Waals surface area contributed by atoms with Crippen molar-refractivity contribution in [2.45, 2.75) is 38.3 Å². The molecule has 9 nitrogen and oxygen atoms in total. The number of methoxy groups -OCH3 is 1. The van der Waals surface area contributed by atoms with Gasteiger partial charge in [0, 0.05) is 32.7 Å². The monoisotopic (exact) mass is 525 g/mol. The molecule has 0 saturated carbocycles. The molecule has 10 heteroatoms. The summed E-state index contributed by atoms with van der Waals surface area (Å²) in [5.41, 5.74) is 1.31. The molecule has 2 unspecified atom stereocenters. The first-order valence-corrected chi connectivity index (χ1v) is 12.7. The van der Waals surface area contributed by atoms with Crippen molar-refractivity contribution < 1.29 is 23.8 Å². The van der Waals surface area contributed by atoms with Gasteiger partial charge in [-0.05, 0) is 50.6 Å². The Hall–Kier alpha value is -3.47. The molecule has 0 spiro atoms. The van der Waals surface area contributed by atoms with Gasteiger partial charge in [0.15, 0.2) is 0 Å². The summed E-state index contributed by atoms with van der Waals surface area (Å²) >= 11 is 0. The molecule has 2 amide bonds. The van der Waals surface area contributed by atoms with Crippen molar-refractivity contribution in [3.63, 3.8) is 0 Å². The van der Waals surface area contributed by atoms with Gasteiger partial charge in [0.1, 0.15) is 18.2 Å². The number of anilines is 1. The second-order valence-electron chi connectivity index (χ2n) is 10.2. The van der Waals surface area contributed by atoms with Crippen molar-refractivity contribution in [3.05, 3.63) is 71.5 Å². The number of halogens is 1. The molecule has 0 radical (unpaired) electrons. The number of urea groups is 1. The second-order valence-corrected chi connectivity index (χ2v) is 10.2. The number of aromatic nitrogens is 2. The Morgan fingerprint density at radius 1 is 1.16 bits per heavy atom. The SMILES string of the molecule is COCCN1CC(NC(=O)Nc2c(C)c(OCC(C)(C)O)nn2-c2ccccc2)C(c2ccc(F)cc2)C1. The standard InChI is InChI=1S/C28H36FN5O4/c1-19-25(34(22-8-6-5-7-9-22)32-26(19)38-18-28(2,3)36)31-27(35)30-24-17-33(14-15-37-4)16-23(24)20-10-12-21(29)13-11-20/h5-13,23-24,36H,14-18H2,1-4H3,(H2,30,31,35). The maximum Gasteiger partial charge on any atom is 0.320 e. The third-order valence-electron chi connectivity index (χ3n) is 6.50. The van der Waals surface area contributed by atoms with Crippen LogP contribution in [0.1, 0.15) is 30.9 Å². The molecule has 204 valence electrons. The molecule has 3 aromatic rings. The summed E-state index contributed by atoms with van der Waals surface area (Å²) in [5.74, 6) is 0.482. The van der Waals surface area contributed by atoms with Crippen LogP contribution >= 0.6 is 0 Å². The van der Waals surface area contributed by atoms with E-state index in [0.717, 1.165) is 24.3 Å². The number of nitrogens with zero attached hydrogens (tertiary/aromatic N) is 3. The van der Waals surface area contributed by atoms with E-state index in [4.69, 9.17) is 9.47 Å². The Kier molecular flexibility index (Phi) is 8.65. The number of aliphatic hydroxyl groups is 1. The number of para-hydroxylation sites is 1. The van der Waals surface area contributed by atoms with Crippen LogP contribution in [-0.4, -0.2) is 77.4 Å². The van der Waals surface area contributed by atoms with E-state index in [2.05, 4.69) is 20.6 Å². The molecule has 3 N–H and O–H groups in total. The number of nitrogens with one attached hydrogen (secondary N) is 2. The Labute approximate surface area is 222 Å². The first kappa shape index (κ1) is 27.6. The van der Waals surface area contributed by atoms with E-state index < -0.39 is 5.60 Å². The number of hydrogen-bond donors (Lipinski definition) is 3. The van der Waals surface area contributed by atoms with Gasteiger partial charge < -0.3 is 19.9 Å². The van der Waals surface area contributed by atoms with Gasteiger partial charge in [-0.1, -0.05) is 30.3 Å². The summed E-state index contributed by atoms with van der Waals surface area (Å²) in [6.07, 6.45) is 0. The highest BCUT2D eigenvalue weighted by atomic mass is 19.1. The van der Waals surface area contributed by atoms with Gasteiger partial charge in [0.25, 0.3) is 0 Å². The third-order valence-corrected chi connectivity index (χ3v) is 6.50. The topological polar surface area (TPSA) is 101 Å². The molecule has 38 heavy (non-hydrogen) atoms. The van der Waals surface area contributed by atoms with Crippen LogP contribution in [0.4, 0.5) is 15.0 Å². The highest BCUT2D eigenvalue weighted by Gasteiger charge is 2.35. The summed E-state index contributed by atoms with van der Waals surface area (Å²) in [6, 6.07) is 15.3. The van der Waals surface area contributed by atoms with E-state index in [0.29, 0.717) is 30.4 Å². The normalized spacial score (nSPS) is 17.9. The van der Waals surface area contributed by atoms with E-state index >= 15 is 0 Å². The lowest BCUT2D eigenvalue weighted by Gasteiger charge is -2.21. The van der Waals surface area contributed by atoms with Crippen LogP contribution in [0.25, 0.3) is 5.69 Å². The van der Waals surface area contributed by atoms with Crippen LogP contribution in [0, 0.1) is 12.7 Å². The zero-order chi connectivity index (χ0) is 27.3. The molecule has 1 fully saturated rings. The molecule has 2 aromatic carbocycles. The van der Waals surface area contributed by atoms with Gasteiger partial charge in [0.2, 0.25) is 5.88 Å². The molecule has 1 aliphatic rings. The molecule has 2 atom stereocenters. The van der Waals surface area contributed by atoms with E-state index in [1.807, 2.05) is 37.3 Å². The smallest absolute Gasteiger partial charge is 0.320 e. The Morgan fingerprint density at radius 2 is 1.87 bits per heavy atom. The molecule has 2 heterocycles. The van der Waals surface area contributed by atoms with Crippen molar-refractivity contribution in [2.75, 3.05) is 45.3 Å². The number of carbonyl (C=O) groups is 1. The molecule has 1 saturated heterocycles. The number of rotatable bonds is 10. The average molecular weight is 526 g/mol. The van der Waals surface area contributed by atoms with Crippen LogP contribution < -0.4 is 15.4 Å². The zero-order valence-corrected chi connectivity index (χ0v) is 22.3. The minimum atomic E-state index is -1.04. The van der Waals surface area contributed by atoms with E-state index in [1.54, 1.807) is 37.8 Å². The summed E-state index contributed by atoms with van der Waals surface area (Å²) in [6.45, 7) is 7.82. The van der Waals surface area contributed by atoms with Crippen molar-refractivity contribution in [1.82, 2.24) is 20.0 Å². The van der Waals surface area contributed by atoms with Gasteiger partial charge >= 0.3 is 6.03 Å². The third kappa shape index (κ3) is 6.89. The molecule has 1 aliphatic heterocycles. The van der Waals surface area contributed by atoms with E-state index in [1.165, 1.54) is 12.1 Å². The van der Waals surface area contributed by atoms with Crippen LogP contribution in [0.3, 0.4) is 0 Å². The van der Waals surface area contributed by atoms with Gasteiger partial charge in [-0.15, -0.1) is 5.10 Å². The predicted molar refractivity (Wildman–Crippen MR) is 143 cm³/mol. The predicted octanol–water partition coefficient (Wildman–Crippen LogP) is 3.71. The van der Waals surface area contributed by atoms with Gasteiger partial charge in [-0.25, -0.2) is 13.9 Å². The lowest BCUT2D eigenvalue weighted by atomic mass is 9.94. The number of hydrogen-bond acceptors (Lipinski definition) is 6. The lowest BCUT2D eigenvalue weighted by Crippen LogP contribution is -2.42. The first-order valence-electron chi connectivity index (χ1n) is 12.7. The van der Waals surface area contributed by atoms with Crippen LogP contribution in [0.5, 0.6) is 5.88 Å². The average Bonchev–Trinajstić information content (AvgIpc) is 3.42. The summed E-state index contributed by atoms with van der Waals surface area (Å²) in [7, 11) is 1.66. The number of benzene rings is 2. The fraction of sp³-hybridized carbons (Fsp3) is 0.429. The minimum absolute atomic E-state index is 0.0102. The minimum Gasteiger partial charge on any atom is -0.473 e. The highest BCUT2D eigenvalue weighted by Crippen LogP contribution is 2.30. The fourth-order valence-corrected chi connectivity index (χ4v) is 4.56. The summed E-state index contributed by atoms with van der Waals surface area (Å²) in [4.78, 5) is 15.6. The van der Waals surface area contributed by atoms with Gasteiger partial charge in [0.05, 0.1) is 29.5 Å². The molecular formula is C28H36FN5O4. The molecule has 4 rings (SSSR count). The maximum atomic E-state index is 13.6. The summed E-state index contributed by atoms with van der Waals surface area (Å²) in [5, 5.41) is 20.8. The second kappa shape index (κ2) is 11.9. The Bertz CT molecular complexity index is 1210. The van der Waals surface area contributed by atoms with E-state index in [-0.39, 0.29) is 30.4 Å². The molecule has 0 aliphatic carbocycles. The van der Waals surface area contributed by atoms with E-state index in [9.17, 15) is 14.3 Å². The highest BCUT2D eigenvalue weighted by molar-refractivity contribution is 5.90. The van der Waals surface area contributed by atoms with Crippen LogP contribution in [0.2, 0.25) is 0 Å². The van der Waals surface area contributed by atoms with Gasteiger partial charge in [-0.2, -0.15) is 0 Å². The largest absolute Gasteiger partial charge is 0.473 e.